The summed E-state index contributed by atoms with van der Waals surface area (Å²) in [6.45, 7) is 3.16. The topological polar surface area (TPSA) is 104 Å². The van der Waals surface area contributed by atoms with Crippen molar-refractivity contribution in [3.05, 3.63) is 53.6 Å². The zero-order valence-corrected chi connectivity index (χ0v) is 15.9. The maximum Gasteiger partial charge on any atom is 0.255 e. The summed E-state index contributed by atoms with van der Waals surface area (Å²) in [6, 6.07) is 11.2. The molecule has 7 nitrogen and oxygen atoms in total. The van der Waals surface area contributed by atoms with Gasteiger partial charge < -0.3 is 10.6 Å². The second-order valence-corrected chi connectivity index (χ2v) is 8.30. The summed E-state index contributed by atoms with van der Waals surface area (Å²) in [4.78, 5) is 23.7. The van der Waals surface area contributed by atoms with Crippen molar-refractivity contribution in [2.75, 3.05) is 10.6 Å². The zero-order valence-electron chi connectivity index (χ0n) is 15.1. The van der Waals surface area contributed by atoms with E-state index in [9.17, 15) is 18.0 Å². The number of hydrogen-bond donors (Lipinski definition) is 3. The second-order valence-electron chi connectivity index (χ2n) is 6.58. The third-order valence-electron chi connectivity index (χ3n) is 4.13. The molecule has 3 N–H and O–H groups in total. The van der Waals surface area contributed by atoms with E-state index in [0.717, 1.165) is 12.8 Å². The normalized spacial score (nSPS) is 13.9. The molecular formula is C19H21N3O4S. The van der Waals surface area contributed by atoms with Crippen LogP contribution in [0, 0.1) is 6.92 Å². The van der Waals surface area contributed by atoms with Crippen LogP contribution in [-0.2, 0) is 14.8 Å². The van der Waals surface area contributed by atoms with E-state index in [4.69, 9.17) is 0 Å². The molecule has 2 aromatic rings. The lowest BCUT2D eigenvalue weighted by Gasteiger charge is -2.11. The van der Waals surface area contributed by atoms with Crippen molar-refractivity contribution >= 4 is 33.2 Å². The van der Waals surface area contributed by atoms with E-state index in [0.29, 0.717) is 22.5 Å². The summed E-state index contributed by atoms with van der Waals surface area (Å²) in [5.74, 6) is -0.580. The number of carbonyl (C=O) groups excluding carboxylic acids is 2. The molecule has 0 atom stereocenters. The molecule has 3 rings (SSSR count). The minimum atomic E-state index is -3.63. The fraction of sp³-hybridized carbons (Fsp3) is 0.263. The van der Waals surface area contributed by atoms with Crippen LogP contribution in [0.5, 0.6) is 0 Å². The van der Waals surface area contributed by atoms with Crippen LogP contribution in [0.1, 0.15) is 35.7 Å². The van der Waals surface area contributed by atoms with Crippen molar-refractivity contribution < 1.29 is 18.0 Å². The Morgan fingerprint density at radius 3 is 2.11 bits per heavy atom. The molecule has 0 aromatic heterocycles. The van der Waals surface area contributed by atoms with Crippen molar-refractivity contribution in [1.82, 2.24) is 4.72 Å². The Morgan fingerprint density at radius 2 is 1.56 bits per heavy atom. The quantitative estimate of drug-likeness (QED) is 0.709. The minimum Gasteiger partial charge on any atom is -0.326 e. The molecule has 8 heteroatoms. The average Bonchev–Trinajstić information content (AvgIpc) is 3.39. The Kier molecular flexibility index (Phi) is 5.29. The minimum absolute atomic E-state index is 0.00398. The Morgan fingerprint density at radius 1 is 0.963 bits per heavy atom. The molecule has 0 unspecified atom stereocenters. The highest BCUT2D eigenvalue weighted by Crippen LogP contribution is 2.24. The molecule has 0 saturated heterocycles. The van der Waals surface area contributed by atoms with Gasteiger partial charge in [-0.2, -0.15) is 0 Å². The number of rotatable bonds is 6. The lowest BCUT2D eigenvalue weighted by atomic mass is 10.1. The summed E-state index contributed by atoms with van der Waals surface area (Å²) in [7, 11) is -3.63. The highest BCUT2D eigenvalue weighted by molar-refractivity contribution is 7.89. The molecule has 0 heterocycles. The molecule has 0 radical (unpaired) electrons. The largest absolute Gasteiger partial charge is 0.326 e. The van der Waals surface area contributed by atoms with E-state index < -0.39 is 15.9 Å². The lowest BCUT2D eigenvalue weighted by molar-refractivity contribution is -0.114. The van der Waals surface area contributed by atoms with E-state index in [1.807, 2.05) is 0 Å². The smallest absolute Gasteiger partial charge is 0.255 e. The number of aryl methyl sites for hydroxylation is 1. The fourth-order valence-corrected chi connectivity index (χ4v) is 3.87. The summed E-state index contributed by atoms with van der Waals surface area (Å²) >= 11 is 0. The first kappa shape index (κ1) is 19.1. The highest BCUT2D eigenvalue weighted by Gasteiger charge is 2.28. The SMILES string of the molecule is CC(=O)Nc1ccc(NC(=O)c2cc(S(=O)(=O)NC3CC3)ccc2C)cc1. The third-order valence-corrected chi connectivity index (χ3v) is 5.64. The predicted octanol–water partition coefficient (Wildman–Crippen LogP) is 2.65. The molecule has 0 bridgehead atoms. The van der Waals surface area contributed by atoms with E-state index in [1.54, 1.807) is 37.3 Å². The van der Waals surface area contributed by atoms with Crippen molar-refractivity contribution in [2.24, 2.45) is 0 Å². The van der Waals surface area contributed by atoms with E-state index in [2.05, 4.69) is 15.4 Å². The van der Waals surface area contributed by atoms with Crippen molar-refractivity contribution in [3.8, 4) is 0 Å². The summed E-state index contributed by atoms with van der Waals surface area (Å²) in [5.41, 5.74) is 2.13. The van der Waals surface area contributed by atoms with Gasteiger partial charge in [-0.15, -0.1) is 0 Å². The molecule has 1 saturated carbocycles. The fourth-order valence-electron chi connectivity index (χ4n) is 2.54. The van der Waals surface area contributed by atoms with Crippen LogP contribution < -0.4 is 15.4 Å². The van der Waals surface area contributed by atoms with E-state index >= 15 is 0 Å². The van der Waals surface area contributed by atoms with Gasteiger partial charge in [0.05, 0.1) is 4.90 Å². The van der Waals surface area contributed by atoms with Gasteiger partial charge in [-0.05, 0) is 61.7 Å². The number of nitrogens with one attached hydrogen (secondary N) is 3. The molecule has 1 aliphatic carbocycles. The number of anilines is 2. The Labute approximate surface area is 158 Å². The van der Waals surface area contributed by atoms with Crippen LogP contribution in [0.3, 0.4) is 0 Å². The van der Waals surface area contributed by atoms with Gasteiger partial charge in [0.25, 0.3) is 5.91 Å². The zero-order chi connectivity index (χ0) is 19.6. The maximum atomic E-state index is 12.6. The van der Waals surface area contributed by atoms with Gasteiger partial charge >= 0.3 is 0 Å². The first-order valence-corrected chi connectivity index (χ1v) is 10.0. The second kappa shape index (κ2) is 7.50. The first-order valence-electron chi connectivity index (χ1n) is 8.56. The van der Waals surface area contributed by atoms with Gasteiger partial charge in [-0.25, -0.2) is 13.1 Å². The summed E-state index contributed by atoms with van der Waals surface area (Å²) < 4.78 is 27.4. The Balaban J connectivity index is 1.77. The monoisotopic (exact) mass is 387 g/mol. The number of sulfonamides is 1. The molecule has 0 spiro atoms. The van der Waals surface area contributed by atoms with Crippen LogP contribution in [-0.4, -0.2) is 26.3 Å². The lowest BCUT2D eigenvalue weighted by Crippen LogP contribution is -2.26. The molecule has 0 aliphatic heterocycles. The van der Waals surface area contributed by atoms with E-state index in [1.165, 1.54) is 19.1 Å². The van der Waals surface area contributed by atoms with Gasteiger partial charge in [0.1, 0.15) is 0 Å². The highest BCUT2D eigenvalue weighted by atomic mass is 32.2. The van der Waals surface area contributed by atoms with Crippen molar-refractivity contribution in [3.63, 3.8) is 0 Å². The molecule has 2 amide bonds. The van der Waals surface area contributed by atoms with Crippen LogP contribution in [0.4, 0.5) is 11.4 Å². The standard InChI is InChI=1S/C19H21N3O4S/c1-12-3-10-17(27(25,26)22-16-8-9-16)11-18(12)19(24)21-15-6-4-14(5-7-15)20-13(2)23/h3-7,10-11,16,22H,8-9H2,1-2H3,(H,20,23)(H,21,24). The molecule has 142 valence electrons. The number of amides is 2. The molecule has 1 aliphatic rings. The number of hydrogen-bond acceptors (Lipinski definition) is 4. The van der Waals surface area contributed by atoms with Crippen molar-refractivity contribution in [2.45, 2.75) is 37.6 Å². The van der Waals surface area contributed by atoms with E-state index in [-0.39, 0.29) is 16.8 Å². The summed E-state index contributed by atoms with van der Waals surface area (Å²) in [5, 5.41) is 5.39. The van der Waals surface area contributed by atoms with Gasteiger partial charge in [-0.3, -0.25) is 9.59 Å². The van der Waals surface area contributed by atoms with Crippen LogP contribution in [0.15, 0.2) is 47.4 Å². The Bertz CT molecular complexity index is 981. The number of carbonyl (C=O) groups is 2. The van der Waals surface area contributed by atoms with Gasteiger partial charge in [0.15, 0.2) is 0 Å². The third kappa shape index (κ3) is 4.93. The van der Waals surface area contributed by atoms with Gasteiger partial charge in [-0.1, -0.05) is 6.07 Å². The number of benzene rings is 2. The Hall–Kier alpha value is -2.71. The van der Waals surface area contributed by atoms with Crippen LogP contribution in [0.2, 0.25) is 0 Å². The van der Waals surface area contributed by atoms with Crippen LogP contribution >= 0.6 is 0 Å². The van der Waals surface area contributed by atoms with Crippen LogP contribution in [0.25, 0.3) is 0 Å². The maximum absolute atomic E-state index is 12.6. The van der Waals surface area contributed by atoms with Gasteiger partial charge in [0.2, 0.25) is 15.9 Å². The average molecular weight is 387 g/mol. The van der Waals surface area contributed by atoms with Crippen molar-refractivity contribution in [1.29, 1.82) is 0 Å². The van der Waals surface area contributed by atoms with Gasteiger partial charge in [0, 0.05) is 29.9 Å². The molecule has 1 fully saturated rings. The molecular weight excluding hydrogens is 366 g/mol. The first-order chi connectivity index (χ1) is 12.7. The summed E-state index contributed by atoms with van der Waals surface area (Å²) in [6.07, 6.45) is 1.68. The molecule has 2 aromatic carbocycles. The predicted molar refractivity (Wildman–Crippen MR) is 103 cm³/mol. The molecule has 27 heavy (non-hydrogen) atoms.